The Bertz CT molecular complexity index is 538. The van der Waals surface area contributed by atoms with E-state index in [1.807, 2.05) is 48.5 Å². The van der Waals surface area contributed by atoms with Gasteiger partial charge in [0.2, 0.25) is 0 Å². The van der Waals surface area contributed by atoms with Crippen molar-refractivity contribution in [1.82, 2.24) is 4.72 Å². The number of hydrogen-bond donors (Lipinski definition) is 2. The molecule has 1 unspecified atom stereocenters. The van der Waals surface area contributed by atoms with Gasteiger partial charge in [-0.2, -0.15) is 0 Å². The molecule has 94 valence electrons. The van der Waals surface area contributed by atoms with Gasteiger partial charge in [-0.25, -0.2) is 4.72 Å². The highest BCUT2D eigenvalue weighted by molar-refractivity contribution is 7.77. The zero-order chi connectivity index (χ0) is 13.0. The molecule has 0 aromatic heterocycles. The van der Waals surface area contributed by atoms with E-state index < -0.39 is 11.3 Å². The van der Waals surface area contributed by atoms with Gasteiger partial charge in [0.05, 0.1) is 0 Å². The summed E-state index contributed by atoms with van der Waals surface area (Å²) in [5, 5.41) is 0. The van der Waals surface area contributed by atoms with Crippen LogP contribution in [0.2, 0.25) is 0 Å². The standard InChI is InChI=1S/C13H14N2O2S/c14-13-7-5-12(6-8-13)11-3-1-10(2-4-11)9-15-18(16)17/h1-8,15H,9,14H2,(H,16,17)/p-1. The molecule has 0 bridgehead atoms. The first-order valence-corrected chi connectivity index (χ1v) is 6.50. The molecule has 0 saturated heterocycles. The van der Waals surface area contributed by atoms with Crippen LogP contribution in [0, 0.1) is 0 Å². The average molecular weight is 261 g/mol. The third kappa shape index (κ3) is 3.40. The Morgan fingerprint density at radius 2 is 1.50 bits per heavy atom. The van der Waals surface area contributed by atoms with Crippen molar-refractivity contribution in [3.05, 3.63) is 54.1 Å². The third-order valence-electron chi connectivity index (χ3n) is 2.59. The highest BCUT2D eigenvalue weighted by Crippen LogP contribution is 2.20. The molecule has 2 aromatic carbocycles. The van der Waals surface area contributed by atoms with Crippen LogP contribution in [0.4, 0.5) is 5.69 Å². The second kappa shape index (κ2) is 5.77. The van der Waals surface area contributed by atoms with Gasteiger partial charge in [-0.15, -0.1) is 0 Å². The second-order valence-electron chi connectivity index (χ2n) is 3.87. The fourth-order valence-corrected chi connectivity index (χ4v) is 1.92. The molecule has 4 nitrogen and oxygen atoms in total. The van der Waals surface area contributed by atoms with E-state index in [2.05, 4.69) is 4.72 Å². The maximum absolute atomic E-state index is 10.4. The summed E-state index contributed by atoms with van der Waals surface area (Å²) in [7, 11) is 0. The molecule has 0 spiro atoms. The number of benzene rings is 2. The average Bonchev–Trinajstić information content (AvgIpc) is 2.38. The number of hydrogen-bond acceptors (Lipinski definition) is 3. The third-order valence-corrected chi connectivity index (χ3v) is 2.97. The van der Waals surface area contributed by atoms with E-state index in [0.717, 1.165) is 22.4 Å². The van der Waals surface area contributed by atoms with Crippen molar-refractivity contribution in [1.29, 1.82) is 0 Å². The van der Waals surface area contributed by atoms with Gasteiger partial charge >= 0.3 is 0 Å². The van der Waals surface area contributed by atoms with Crippen LogP contribution in [0.1, 0.15) is 5.56 Å². The number of nitrogen functional groups attached to an aromatic ring is 1. The monoisotopic (exact) mass is 261 g/mol. The van der Waals surface area contributed by atoms with Gasteiger partial charge in [-0.1, -0.05) is 36.4 Å². The molecular formula is C13H13N2O2S-. The van der Waals surface area contributed by atoms with E-state index in [1.54, 1.807) is 0 Å². The molecule has 0 saturated carbocycles. The normalized spacial score (nSPS) is 12.3. The molecule has 2 aromatic rings. The van der Waals surface area contributed by atoms with Gasteiger partial charge in [0.1, 0.15) is 0 Å². The van der Waals surface area contributed by atoms with E-state index >= 15 is 0 Å². The quantitative estimate of drug-likeness (QED) is 0.651. The number of anilines is 1. The van der Waals surface area contributed by atoms with Crippen molar-refractivity contribution in [2.24, 2.45) is 0 Å². The Hall–Kier alpha value is -1.69. The van der Waals surface area contributed by atoms with Crippen LogP contribution in [-0.2, 0) is 17.8 Å². The minimum atomic E-state index is -2.22. The Morgan fingerprint density at radius 1 is 1.00 bits per heavy atom. The molecule has 0 radical (unpaired) electrons. The Morgan fingerprint density at radius 3 is 2.00 bits per heavy atom. The topological polar surface area (TPSA) is 78.2 Å². The molecule has 0 aliphatic carbocycles. The molecule has 0 fully saturated rings. The van der Waals surface area contributed by atoms with Gasteiger partial charge in [0.25, 0.3) is 0 Å². The van der Waals surface area contributed by atoms with Crippen molar-refractivity contribution in [3.8, 4) is 11.1 Å². The number of nitrogens with one attached hydrogen (secondary N) is 1. The summed E-state index contributed by atoms with van der Waals surface area (Å²) >= 11 is -2.22. The molecule has 0 aliphatic heterocycles. The summed E-state index contributed by atoms with van der Waals surface area (Å²) in [6.45, 7) is 0.304. The van der Waals surface area contributed by atoms with Gasteiger partial charge in [0.15, 0.2) is 0 Å². The molecule has 3 N–H and O–H groups in total. The zero-order valence-corrected chi connectivity index (χ0v) is 10.4. The van der Waals surface area contributed by atoms with Crippen molar-refractivity contribution >= 4 is 17.0 Å². The van der Waals surface area contributed by atoms with Crippen molar-refractivity contribution in [2.75, 3.05) is 5.73 Å². The first-order chi connectivity index (χ1) is 8.65. The summed E-state index contributed by atoms with van der Waals surface area (Å²) in [4.78, 5) is 0. The maximum atomic E-state index is 10.4. The molecule has 2 rings (SSSR count). The van der Waals surface area contributed by atoms with E-state index in [9.17, 15) is 8.76 Å². The summed E-state index contributed by atoms with van der Waals surface area (Å²) in [5.41, 5.74) is 9.43. The van der Waals surface area contributed by atoms with E-state index in [-0.39, 0.29) is 0 Å². The Kier molecular flexibility index (Phi) is 4.09. The summed E-state index contributed by atoms with van der Waals surface area (Å²) < 4.78 is 23.1. The number of nitrogens with two attached hydrogens (primary N) is 1. The molecule has 5 heteroatoms. The van der Waals surface area contributed by atoms with Gasteiger partial charge in [0, 0.05) is 23.5 Å². The van der Waals surface area contributed by atoms with Crippen LogP contribution < -0.4 is 10.5 Å². The second-order valence-corrected chi connectivity index (χ2v) is 4.63. The highest BCUT2D eigenvalue weighted by Gasteiger charge is 1.98. The lowest BCUT2D eigenvalue weighted by atomic mass is 10.0. The Balaban J connectivity index is 2.12. The summed E-state index contributed by atoms with van der Waals surface area (Å²) in [6.07, 6.45) is 0. The van der Waals surface area contributed by atoms with Crippen LogP contribution in [-0.4, -0.2) is 8.76 Å². The fourth-order valence-electron chi connectivity index (χ4n) is 1.63. The zero-order valence-electron chi connectivity index (χ0n) is 9.63. The van der Waals surface area contributed by atoms with Crippen LogP contribution >= 0.6 is 0 Å². The van der Waals surface area contributed by atoms with Crippen LogP contribution in [0.5, 0.6) is 0 Å². The van der Waals surface area contributed by atoms with Crippen molar-refractivity contribution in [2.45, 2.75) is 6.54 Å². The van der Waals surface area contributed by atoms with Gasteiger partial charge < -0.3 is 10.3 Å². The fraction of sp³-hybridized carbons (Fsp3) is 0.0769. The molecule has 0 amide bonds. The molecule has 0 aliphatic rings. The molecule has 1 atom stereocenters. The first-order valence-electron chi connectivity index (χ1n) is 5.43. The van der Waals surface area contributed by atoms with Gasteiger partial charge in [-0.05, 0) is 28.8 Å². The molecule has 18 heavy (non-hydrogen) atoms. The maximum Gasteiger partial charge on any atom is 0.0322 e. The van der Waals surface area contributed by atoms with Crippen LogP contribution in [0.15, 0.2) is 48.5 Å². The lowest BCUT2D eigenvalue weighted by Crippen LogP contribution is -2.15. The molecule has 0 heterocycles. The lowest BCUT2D eigenvalue weighted by Gasteiger charge is -2.08. The van der Waals surface area contributed by atoms with Crippen LogP contribution in [0.25, 0.3) is 11.1 Å². The van der Waals surface area contributed by atoms with E-state index in [1.165, 1.54) is 0 Å². The Labute approximate surface area is 108 Å². The molecular weight excluding hydrogens is 248 g/mol. The van der Waals surface area contributed by atoms with Gasteiger partial charge in [-0.3, -0.25) is 4.21 Å². The lowest BCUT2D eigenvalue weighted by molar-refractivity contribution is 0.522. The van der Waals surface area contributed by atoms with Crippen molar-refractivity contribution in [3.63, 3.8) is 0 Å². The summed E-state index contributed by atoms with van der Waals surface area (Å²) in [5.74, 6) is 0. The minimum absolute atomic E-state index is 0.304. The first kappa shape index (κ1) is 12.8. The number of rotatable bonds is 4. The van der Waals surface area contributed by atoms with Crippen molar-refractivity contribution < 1.29 is 8.76 Å². The predicted molar refractivity (Wildman–Crippen MR) is 72.0 cm³/mol. The predicted octanol–water partition coefficient (Wildman–Crippen LogP) is 1.82. The largest absolute Gasteiger partial charge is 0.760 e. The summed E-state index contributed by atoms with van der Waals surface area (Å²) in [6, 6.07) is 15.3. The minimum Gasteiger partial charge on any atom is -0.760 e. The van der Waals surface area contributed by atoms with E-state index in [4.69, 9.17) is 5.73 Å². The van der Waals surface area contributed by atoms with E-state index in [0.29, 0.717) is 6.54 Å². The van der Waals surface area contributed by atoms with Crippen LogP contribution in [0.3, 0.4) is 0 Å². The smallest absolute Gasteiger partial charge is 0.0322 e. The SMILES string of the molecule is Nc1ccc(-c2ccc(CNS(=O)[O-])cc2)cc1. The highest BCUT2D eigenvalue weighted by atomic mass is 32.2.